The molecule has 0 radical (unpaired) electrons. The lowest BCUT2D eigenvalue weighted by Gasteiger charge is -2.12. The number of para-hydroxylation sites is 1. The summed E-state index contributed by atoms with van der Waals surface area (Å²) >= 11 is 1.61. The highest BCUT2D eigenvalue weighted by atomic mass is 32.1. The lowest BCUT2D eigenvalue weighted by Crippen LogP contribution is -2.27. The summed E-state index contributed by atoms with van der Waals surface area (Å²) in [6, 6.07) is 8.88. The number of rotatable bonds is 4. The molecule has 1 unspecified atom stereocenters. The molecule has 0 aliphatic carbocycles. The molecule has 1 aromatic heterocycles. The van der Waals surface area contributed by atoms with Gasteiger partial charge in [0.25, 0.3) is 0 Å². The van der Waals surface area contributed by atoms with E-state index in [2.05, 4.69) is 5.32 Å². The van der Waals surface area contributed by atoms with Crippen LogP contribution in [0, 0.1) is 0 Å². The lowest BCUT2D eigenvalue weighted by atomic mass is 10.1. The maximum Gasteiger partial charge on any atom is 0.225 e. The molecule has 0 aliphatic heterocycles. The van der Waals surface area contributed by atoms with Gasteiger partial charge in [0.05, 0.1) is 12.5 Å². The van der Waals surface area contributed by atoms with Crippen LogP contribution in [-0.2, 0) is 11.2 Å². The summed E-state index contributed by atoms with van der Waals surface area (Å²) in [5, 5.41) is 16.5. The molecule has 2 N–H and O–H groups in total. The third kappa shape index (κ3) is 3.11. The average molecular weight is 261 g/mol. The molecule has 0 fully saturated rings. The van der Waals surface area contributed by atoms with Crippen molar-refractivity contribution in [2.75, 3.05) is 0 Å². The molecule has 1 heterocycles. The number of hydrogen-bond donors (Lipinski definition) is 2. The Morgan fingerprint density at radius 3 is 2.83 bits per heavy atom. The molecule has 0 saturated heterocycles. The van der Waals surface area contributed by atoms with E-state index >= 15 is 0 Å². The van der Waals surface area contributed by atoms with Crippen molar-refractivity contribution in [3.8, 4) is 5.75 Å². The zero-order chi connectivity index (χ0) is 13.0. The number of phenolic OH excluding ortho intramolecular Hbond substituents is 1. The minimum absolute atomic E-state index is 0.00500. The summed E-state index contributed by atoms with van der Waals surface area (Å²) in [6.45, 7) is 1.95. The first-order valence-electron chi connectivity index (χ1n) is 5.75. The number of aromatic hydroxyl groups is 1. The minimum Gasteiger partial charge on any atom is -0.508 e. The Balaban J connectivity index is 1.95. The van der Waals surface area contributed by atoms with Gasteiger partial charge in [-0.2, -0.15) is 11.3 Å². The number of carbonyl (C=O) groups is 1. The summed E-state index contributed by atoms with van der Waals surface area (Å²) in [7, 11) is 0. The molecule has 0 saturated carbocycles. The van der Waals surface area contributed by atoms with Gasteiger partial charge in [-0.1, -0.05) is 18.2 Å². The molecule has 4 heteroatoms. The van der Waals surface area contributed by atoms with Crippen molar-refractivity contribution in [1.29, 1.82) is 0 Å². The zero-order valence-corrected chi connectivity index (χ0v) is 10.9. The van der Waals surface area contributed by atoms with Crippen LogP contribution in [0.3, 0.4) is 0 Å². The highest BCUT2D eigenvalue weighted by Crippen LogP contribution is 2.18. The predicted molar refractivity (Wildman–Crippen MR) is 72.7 cm³/mol. The van der Waals surface area contributed by atoms with Gasteiger partial charge in [-0.25, -0.2) is 0 Å². The van der Waals surface area contributed by atoms with Crippen LogP contribution >= 0.6 is 11.3 Å². The normalized spacial score (nSPS) is 12.1. The third-order valence-electron chi connectivity index (χ3n) is 2.76. The smallest absolute Gasteiger partial charge is 0.225 e. The van der Waals surface area contributed by atoms with Crippen molar-refractivity contribution in [3.05, 3.63) is 52.2 Å². The van der Waals surface area contributed by atoms with Crippen molar-refractivity contribution in [3.63, 3.8) is 0 Å². The monoisotopic (exact) mass is 261 g/mol. The molecule has 94 valence electrons. The van der Waals surface area contributed by atoms with E-state index in [9.17, 15) is 9.90 Å². The molecule has 0 spiro atoms. The molecular weight excluding hydrogens is 246 g/mol. The molecular formula is C14H15NO2S. The van der Waals surface area contributed by atoms with E-state index in [0.29, 0.717) is 5.56 Å². The topological polar surface area (TPSA) is 49.3 Å². The van der Waals surface area contributed by atoms with Crippen molar-refractivity contribution < 1.29 is 9.90 Å². The summed E-state index contributed by atoms with van der Waals surface area (Å²) in [4.78, 5) is 11.9. The van der Waals surface area contributed by atoms with Crippen LogP contribution in [0.15, 0.2) is 41.1 Å². The first-order chi connectivity index (χ1) is 8.66. The van der Waals surface area contributed by atoms with Crippen LogP contribution < -0.4 is 5.32 Å². The Bertz CT molecular complexity index is 522. The van der Waals surface area contributed by atoms with E-state index in [0.717, 1.165) is 5.56 Å². The molecule has 3 nitrogen and oxygen atoms in total. The van der Waals surface area contributed by atoms with Crippen molar-refractivity contribution >= 4 is 17.2 Å². The second-order valence-electron chi connectivity index (χ2n) is 4.15. The number of nitrogens with one attached hydrogen (secondary N) is 1. The second-order valence-corrected chi connectivity index (χ2v) is 4.93. The number of hydrogen-bond acceptors (Lipinski definition) is 3. The fourth-order valence-electron chi connectivity index (χ4n) is 1.73. The van der Waals surface area contributed by atoms with Gasteiger partial charge in [0, 0.05) is 5.56 Å². The molecule has 2 aromatic rings. The maximum atomic E-state index is 11.9. The number of amides is 1. The van der Waals surface area contributed by atoms with Gasteiger partial charge in [-0.3, -0.25) is 4.79 Å². The highest BCUT2D eigenvalue weighted by Gasteiger charge is 2.11. The van der Waals surface area contributed by atoms with E-state index in [1.54, 1.807) is 29.5 Å². The van der Waals surface area contributed by atoms with Gasteiger partial charge in [-0.15, -0.1) is 0 Å². The van der Waals surface area contributed by atoms with Crippen molar-refractivity contribution in [2.24, 2.45) is 0 Å². The van der Waals surface area contributed by atoms with Gasteiger partial charge >= 0.3 is 0 Å². The van der Waals surface area contributed by atoms with Gasteiger partial charge in [-0.05, 0) is 35.4 Å². The van der Waals surface area contributed by atoms with Crippen LogP contribution in [0.4, 0.5) is 0 Å². The molecule has 2 rings (SSSR count). The molecule has 1 aromatic carbocycles. The van der Waals surface area contributed by atoms with E-state index in [4.69, 9.17) is 0 Å². The van der Waals surface area contributed by atoms with Gasteiger partial charge in [0.15, 0.2) is 0 Å². The number of carbonyl (C=O) groups excluding carboxylic acids is 1. The summed E-state index contributed by atoms with van der Waals surface area (Å²) in [5.41, 5.74) is 1.75. The van der Waals surface area contributed by atoms with E-state index in [1.807, 2.05) is 29.8 Å². The summed E-state index contributed by atoms with van der Waals surface area (Å²) in [5.74, 6) is 0.0750. The number of phenols is 1. The first kappa shape index (κ1) is 12.6. The van der Waals surface area contributed by atoms with E-state index < -0.39 is 0 Å². The Kier molecular flexibility index (Phi) is 3.99. The van der Waals surface area contributed by atoms with Crippen molar-refractivity contribution in [2.45, 2.75) is 19.4 Å². The largest absolute Gasteiger partial charge is 0.508 e. The number of benzene rings is 1. The Hall–Kier alpha value is -1.81. The Morgan fingerprint density at radius 1 is 1.39 bits per heavy atom. The van der Waals surface area contributed by atoms with Crippen LogP contribution in [-0.4, -0.2) is 11.0 Å². The molecule has 1 atom stereocenters. The second kappa shape index (κ2) is 5.69. The van der Waals surface area contributed by atoms with Gasteiger partial charge < -0.3 is 10.4 Å². The quantitative estimate of drug-likeness (QED) is 0.889. The molecule has 0 aliphatic rings. The Morgan fingerprint density at radius 2 is 2.17 bits per heavy atom. The highest BCUT2D eigenvalue weighted by molar-refractivity contribution is 7.07. The first-order valence-corrected chi connectivity index (χ1v) is 6.69. The molecule has 18 heavy (non-hydrogen) atoms. The van der Waals surface area contributed by atoms with Gasteiger partial charge in [0.2, 0.25) is 5.91 Å². The number of thiophene rings is 1. The van der Waals surface area contributed by atoms with Crippen molar-refractivity contribution in [1.82, 2.24) is 5.32 Å². The fraction of sp³-hybridized carbons (Fsp3) is 0.214. The van der Waals surface area contributed by atoms with E-state index in [-0.39, 0.29) is 24.1 Å². The summed E-state index contributed by atoms with van der Waals surface area (Å²) < 4.78 is 0. The third-order valence-corrected chi connectivity index (χ3v) is 3.46. The van der Waals surface area contributed by atoms with Gasteiger partial charge in [0.1, 0.15) is 5.75 Å². The SMILES string of the molecule is CC(NC(=O)Cc1ccccc1O)c1ccsc1. The van der Waals surface area contributed by atoms with E-state index in [1.165, 1.54) is 0 Å². The Labute approximate surface area is 110 Å². The maximum absolute atomic E-state index is 11.9. The van der Waals surface area contributed by atoms with Crippen LogP contribution in [0.2, 0.25) is 0 Å². The molecule has 1 amide bonds. The average Bonchev–Trinajstić information content (AvgIpc) is 2.85. The standard InChI is InChI=1S/C14H15NO2S/c1-10(12-6-7-18-9-12)15-14(17)8-11-4-2-3-5-13(11)16/h2-7,9-10,16H,8H2,1H3,(H,15,17). The minimum atomic E-state index is -0.0878. The van der Waals surface area contributed by atoms with Crippen LogP contribution in [0.1, 0.15) is 24.1 Å². The lowest BCUT2D eigenvalue weighted by molar-refractivity contribution is -0.121. The van der Waals surface area contributed by atoms with Crippen LogP contribution in [0.25, 0.3) is 0 Å². The summed E-state index contributed by atoms with van der Waals surface area (Å²) in [6.07, 6.45) is 0.196. The van der Waals surface area contributed by atoms with Crippen LogP contribution in [0.5, 0.6) is 5.75 Å². The zero-order valence-electron chi connectivity index (χ0n) is 10.1. The molecule has 0 bridgehead atoms. The fourth-order valence-corrected chi connectivity index (χ4v) is 2.48. The predicted octanol–water partition coefficient (Wildman–Crippen LogP) is 2.87.